The van der Waals surface area contributed by atoms with Gasteiger partial charge in [0.1, 0.15) is 5.82 Å². The zero-order chi connectivity index (χ0) is 15.2. The second-order valence-corrected chi connectivity index (χ2v) is 5.97. The van der Waals surface area contributed by atoms with Crippen LogP contribution < -0.4 is 10.6 Å². The van der Waals surface area contributed by atoms with Crippen molar-refractivity contribution in [1.82, 2.24) is 15.2 Å². The Balaban J connectivity index is 1.91. The van der Waals surface area contributed by atoms with Gasteiger partial charge in [-0.3, -0.25) is 4.79 Å². The van der Waals surface area contributed by atoms with Gasteiger partial charge in [-0.25, -0.2) is 4.98 Å². The Hall–Kier alpha value is -1.62. The molecule has 1 aliphatic rings. The van der Waals surface area contributed by atoms with Crippen molar-refractivity contribution < 1.29 is 4.79 Å². The summed E-state index contributed by atoms with van der Waals surface area (Å²) in [6, 6.07) is 3.95. The highest BCUT2D eigenvalue weighted by molar-refractivity contribution is 5.94. The molecule has 2 heterocycles. The van der Waals surface area contributed by atoms with Gasteiger partial charge >= 0.3 is 0 Å². The summed E-state index contributed by atoms with van der Waals surface area (Å²) in [6.07, 6.45) is 3.71. The van der Waals surface area contributed by atoms with Gasteiger partial charge < -0.3 is 15.5 Å². The van der Waals surface area contributed by atoms with Crippen LogP contribution in [0, 0.1) is 5.92 Å². The zero-order valence-corrected chi connectivity index (χ0v) is 13.2. The van der Waals surface area contributed by atoms with Crippen LogP contribution >= 0.6 is 0 Å². The number of amides is 1. The molecule has 1 aliphatic heterocycles. The Kier molecular flexibility index (Phi) is 5.56. The number of hydrogen-bond donors (Lipinski definition) is 2. The van der Waals surface area contributed by atoms with Gasteiger partial charge in [0.05, 0.1) is 5.56 Å². The highest BCUT2D eigenvalue weighted by atomic mass is 16.1. The Labute approximate surface area is 127 Å². The molecule has 0 aliphatic carbocycles. The lowest BCUT2D eigenvalue weighted by molar-refractivity contribution is 0.0883. The number of carbonyl (C=O) groups excluding carboxylic acids is 1. The third kappa shape index (κ3) is 4.43. The Bertz CT molecular complexity index is 460. The molecule has 21 heavy (non-hydrogen) atoms. The number of anilines is 1. The highest BCUT2D eigenvalue weighted by Crippen LogP contribution is 2.16. The highest BCUT2D eigenvalue weighted by Gasteiger charge is 2.25. The fourth-order valence-electron chi connectivity index (χ4n) is 2.71. The van der Waals surface area contributed by atoms with Crippen molar-refractivity contribution in [3.63, 3.8) is 0 Å². The van der Waals surface area contributed by atoms with E-state index >= 15 is 0 Å². The van der Waals surface area contributed by atoms with Gasteiger partial charge in [0, 0.05) is 25.3 Å². The molecule has 1 amide bonds. The fraction of sp³-hybridized carbons (Fsp3) is 0.625. The van der Waals surface area contributed by atoms with Gasteiger partial charge in [0.2, 0.25) is 0 Å². The average Bonchev–Trinajstić information content (AvgIpc) is 2.48. The number of nitrogens with one attached hydrogen (secondary N) is 2. The molecular formula is C16H26N4O. The second-order valence-electron chi connectivity index (χ2n) is 5.97. The van der Waals surface area contributed by atoms with Crippen molar-refractivity contribution in [3.8, 4) is 0 Å². The van der Waals surface area contributed by atoms with Crippen LogP contribution in [0.5, 0.6) is 0 Å². The molecule has 2 atom stereocenters. The van der Waals surface area contributed by atoms with E-state index in [1.54, 1.807) is 6.20 Å². The van der Waals surface area contributed by atoms with Gasteiger partial charge in [0.25, 0.3) is 5.91 Å². The third-order valence-corrected chi connectivity index (χ3v) is 4.01. The van der Waals surface area contributed by atoms with Gasteiger partial charge in [-0.05, 0) is 44.5 Å². The minimum absolute atomic E-state index is 0.0223. The van der Waals surface area contributed by atoms with Crippen molar-refractivity contribution in [3.05, 3.63) is 23.9 Å². The maximum atomic E-state index is 12.3. The standard InChI is InChI=1S/C16H26N4O/c1-4-8-17-15-6-5-13(10-18-15)16(21)19-14-7-9-20(3)11-12(14)2/h5-6,10,12,14H,4,7-9,11H2,1-3H3,(H,17,18)(H,19,21). The minimum atomic E-state index is -0.0223. The smallest absolute Gasteiger partial charge is 0.253 e. The van der Waals surface area contributed by atoms with Gasteiger partial charge in [-0.1, -0.05) is 13.8 Å². The summed E-state index contributed by atoms with van der Waals surface area (Å²) in [5.41, 5.74) is 0.628. The third-order valence-electron chi connectivity index (χ3n) is 4.01. The molecule has 0 spiro atoms. The van der Waals surface area contributed by atoms with Crippen molar-refractivity contribution in [2.24, 2.45) is 5.92 Å². The minimum Gasteiger partial charge on any atom is -0.370 e. The quantitative estimate of drug-likeness (QED) is 0.870. The molecule has 5 nitrogen and oxygen atoms in total. The summed E-state index contributed by atoms with van der Waals surface area (Å²) in [6.45, 7) is 7.26. The molecule has 0 aromatic carbocycles. The molecule has 2 rings (SSSR count). The number of rotatable bonds is 5. The first kappa shape index (κ1) is 15.8. The summed E-state index contributed by atoms with van der Waals surface area (Å²) in [4.78, 5) is 18.9. The lowest BCUT2D eigenvalue weighted by Gasteiger charge is -2.35. The lowest BCUT2D eigenvalue weighted by atomic mass is 9.94. The predicted octanol–water partition coefficient (Wildman–Crippen LogP) is 1.97. The van der Waals surface area contributed by atoms with E-state index in [0.29, 0.717) is 11.5 Å². The fourth-order valence-corrected chi connectivity index (χ4v) is 2.71. The SMILES string of the molecule is CCCNc1ccc(C(=O)NC2CCN(C)CC2C)cn1. The monoisotopic (exact) mass is 290 g/mol. The largest absolute Gasteiger partial charge is 0.370 e. The molecule has 1 saturated heterocycles. The van der Waals surface area contributed by atoms with E-state index in [2.05, 4.69) is 41.4 Å². The molecule has 0 saturated carbocycles. The topological polar surface area (TPSA) is 57.3 Å². The van der Waals surface area contributed by atoms with E-state index < -0.39 is 0 Å². The van der Waals surface area contributed by atoms with E-state index in [-0.39, 0.29) is 11.9 Å². The molecule has 5 heteroatoms. The van der Waals surface area contributed by atoms with Gasteiger partial charge in [-0.15, -0.1) is 0 Å². The molecular weight excluding hydrogens is 264 g/mol. The van der Waals surface area contributed by atoms with Crippen molar-refractivity contribution in [2.45, 2.75) is 32.7 Å². The van der Waals surface area contributed by atoms with E-state index in [1.165, 1.54) is 0 Å². The Morgan fingerprint density at radius 2 is 2.29 bits per heavy atom. The van der Waals surface area contributed by atoms with Crippen LogP contribution in [0.3, 0.4) is 0 Å². The molecule has 1 aromatic rings. The number of nitrogens with zero attached hydrogens (tertiary/aromatic N) is 2. The zero-order valence-electron chi connectivity index (χ0n) is 13.2. The molecule has 1 aromatic heterocycles. The summed E-state index contributed by atoms with van der Waals surface area (Å²) in [5.74, 6) is 1.28. The van der Waals surface area contributed by atoms with Crippen LogP contribution in [-0.4, -0.2) is 48.5 Å². The maximum absolute atomic E-state index is 12.3. The summed E-state index contributed by atoms with van der Waals surface area (Å²) >= 11 is 0. The first-order valence-electron chi connectivity index (χ1n) is 7.79. The van der Waals surface area contributed by atoms with Crippen molar-refractivity contribution in [1.29, 1.82) is 0 Å². The number of likely N-dealkylation sites (tertiary alicyclic amines) is 1. The predicted molar refractivity (Wildman–Crippen MR) is 85.5 cm³/mol. The van der Waals surface area contributed by atoms with Crippen LogP contribution in [-0.2, 0) is 0 Å². The van der Waals surface area contributed by atoms with Crippen LogP contribution in [0.4, 0.5) is 5.82 Å². The van der Waals surface area contributed by atoms with Crippen LogP contribution in [0.15, 0.2) is 18.3 Å². The summed E-state index contributed by atoms with van der Waals surface area (Å²) in [7, 11) is 2.13. The number of pyridine rings is 1. The Morgan fingerprint density at radius 1 is 1.48 bits per heavy atom. The summed E-state index contributed by atoms with van der Waals surface area (Å²) < 4.78 is 0. The van der Waals surface area contributed by atoms with Crippen LogP contribution in [0.2, 0.25) is 0 Å². The van der Waals surface area contributed by atoms with Crippen molar-refractivity contribution >= 4 is 11.7 Å². The number of hydrogen-bond acceptors (Lipinski definition) is 4. The average molecular weight is 290 g/mol. The van der Waals surface area contributed by atoms with E-state index in [0.717, 1.165) is 38.3 Å². The normalized spacial score (nSPS) is 22.8. The maximum Gasteiger partial charge on any atom is 0.253 e. The lowest BCUT2D eigenvalue weighted by Crippen LogP contribution is -2.48. The first-order valence-corrected chi connectivity index (χ1v) is 7.79. The summed E-state index contributed by atoms with van der Waals surface area (Å²) in [5, 5.41) is 6.35. The molecule has 1 fully saturated rings. The number of carbonyl (C=O) groups is 1. The van der Waals surface area contributed by atoms with Gasteiger partial charge in [-0.2, -0.15) is 0 Å². The molecule has 2 N–H and O–H groups in total. The number of aromatic nitrogens is 1. The molecule has 0 radical (unpaired) electrons. The molecule has 116 valence electrons. The van der Waals surface area contributed by atoms with E-state index in [4.69, 9.17) is 0 Å². The first-order chi connectivity index (χ1) is 10.1. The second kappa shape index (κ2) is 7.41. The Morgan fingerprint density at radius 3 is 2.90 bits per heavy atom. The van der Waals surface area contributed by atoms with E-state index in [9.17, 15) is 4.79 Å². The van der Waals surface area contributed by atoms with E-state index in [1.807, 2.05) is 12.1 Å². The number of piperidine rings is 1. The van der Waals surface area contributed by atoms with Gasteiger partial charge in [0.15, 0.2) is 0 Å². The van der Waals surface area contributed by atoms with Crippen LogP contribution in [0.1, 0.15) is 37.0 Å². The van der Waals surface area contributed by atoms with Crippen molar-refractivity contribution in [2.75, 3.05) is 32.0 Å². The molecule has 0 bridgehead atoms. The van der Waals surface area contributed by atoms with Crippen LogP contribution in [0.25, 0.3) is 0 Å². The molecule has 2 unspecified atom stereocenters.